The zero-order valence-corrected chi connectivity index (χ0v) is 12.1. The van der Waals surface area contributed by atoms with E-state index in [1.165, 1.54) is 11.3 Å². The molecule has 3 heterocycles. The summed E-state index contributed by atoms with van der Waals surface area (Å²) in [6, 6.07) is -0.302. The maximum atomic E-state index is 12.3. The predicted molar refractivity (Wildman–Crippen MR) is 72.5 cm³/mol. The molecule has 0 aliphatic carbocycles. The Morgan fingerprint density at radius 1 is 1.39 bits per heavy atom. The summed E-state index contributed by atoms with van der Waals surface area (Å²) in [6.07, 6.45) is 2.75. The zero-order valence-electron chi connectivity index (χ0n) is 9.74. The molecule has 2 aliphatic heterocycles. The molecule has 2 aliphatic rings. The topological polar surface area (TPSA) is 49.4 Å². The summed E-state index contributed by atoms with van der Waals surface area (Å²) in [5.41, 5.74) is 1.78. The number of nitrogens with one attached hydrogen (secondary N) is 1. The second-order valence-electron chi connectivity index (χ2n) is 4.64. The van der Waals surface area contributed by atoms with Gasteiger partial charge in [0.25, 0.3) is 5.91 Å². The molecular weight excluding hydrogens is 316 g/mol. The van der Waals surface area contributed by atoms with Crippen LogP contribution >= 0.6 is 27.3 Å². The number of carbonyl (C=O) groups excluding carboxylic acids is 2. The fourth-order valence-corrected chi connectivity index (χ4v) is 3.96. The van der Waals surface area contributed by atoms with Crippen molar-refractivity contribution >= 4 is 39.1 Å². The van der Waals surface area contributed by atoms with Gasteiger partial charge in [0.15, 0.2) is 0 Å². The molecule has 3 rings (SSSR count). The summed E-state index contributed by atoms with van der Waals surface area (Å²) >= 11 is 5.00. The van der Waals surface area contributed by atoms with Crippen molar-refractivity contribution in [1.29, 1.82) is 0 Å². The highest BCUT2D eigenvalue weighted by Gasteiger charge is 2.38. The van der Waals surface area contributed by atoms with Crippen molar-refractivity contribution in [3.8, 4) is 0 Å². The minimum absolute atomic E-state index is 0.00556. The second kappa shape index (κ2) is 4.66. The number of hydrogen-bond donors (Lipinski definition) is 1. The van der Waals surface area contributed by atoms with Crippen molar-refractivity contribution in [2.45, 2.75) is 31.8 Å². The Morgan fingerprint density at radius 2 is 2.22 bits per heavy atom. The average molecular weight is 329 g/mol. The monoisotopic (exact) mass is 328 g/mol. The third-order valence-electron chi connectivity index (χ3n) is 3.54. The molecule has 1 saturated heterocycles. The molecule has 0 aromatic carbocycles. The maximum Gasteiger partial charge on any atom is 0.256 e. The summed E-state index contributed by atoms with van der Waals surface area (Å²) in [6.45, 7) is 1.28. The van der Waals surface area contributed by atoms with Crippen LogP contribution in [0.5, 0.6) is 0 Å². The van der Waals surface area contributed by atoms with Crippen molar-refractivity contribution in [3.63, 3.8) is 0 Å². The van der Waals surface area contributed by atoms with E-state index in [4.69, 9.17) is 0 Å². The van der Waals surface area contributed by atoms with Crippen molar-refractivity contribution < 1.29 is 9.59 Å². The van der Waals surface area contributed by atoms with Gasteiger partial charge < -0.3 is 10.2 Å². The molecule has 0 spiro atoms. The molecule has 2 amide bonds. The Hall–Kier alpha value is -0.880. The first-order valence-electron chi connectivity index (χ1n) is 6.03. The van der Waals surface area contributed by atoms with Crippen LogP contribution in [0.15, 0.2) is 9.17 Å². The van der Waals surface area contributed by atoms with Gasteiger partial charge in [-0.05, 0) is 35.2 Å². The van der Waals surface area contributed by atoms with Gasteiger partial charge in [-0.25, -0.2) is 0 Å². The molecule has 96 valence electrons. The quantitative estimate of drug-likeness (QED) is 0.858. The van der Waals surface area contributed by atoms with Gasteiger partial charge in [0.2, 0.25) is 5.91 Å². The second-order valence-corrected chi connectivity index (χ2v) is 6.83. The third-order valence-corrected chi connectivity index (χ3v) is 5.39. The summed E-state index contributed by atoms with van der Waals surface area (Å²) < 4.78 is 1.00. The van der Waals surface area contributed by atoms with E-state index in [-0.39, 0.29) is 17.9 Å². The highest BCUT2D eigenvalue weighted by molar-refractivity contribution is 9.11. The SMILES string of the molecule is O=C1NCCCC[C@@H]1N1Cc2c(csc2Br)C1=O. The number of thiophene rings is 1. The largest absolute Gasteiger partial charge is 0.354 e. The van der Waals surface area contributed by atoms with Gasteiger partial charge in [-0.1, -0.05) is 0 Å². The van der Waals surface area contributed by atoms with Gasteiger partial charge >= 0.3 is 0 Å². The number of nitrogens with zero attached hydrogens (tertiary/aromatic N) is 1. The van der Waals surface area contributed by atoms with Gasteiger partial charge in [0.1, 0.15) is 6.04 Å². The molecule has 1 aromatic heterocycles. The first-order chi connectivity index (χ1) is 8.68. The van der Waals surface area contributed by atoms with E-state index >= 15 is 0 Å². The summed E-state index contributed by atoms with van der Waals surface area (Å²) in [5.74, 6) is -0.0141. The van der Waals surface area contributed by atoms with Crippen LogP contribution in [0, 0.1) is 0 Å². The van der Waals surface area contributed by atoms with Crippen LogP contribution < -0.4 is 5.32 Å². The lowest BCUT2D eigenvalue weighted by atomic mass is 10.1. The molecule has 0 saturated carbocycles. The maximum absolute atomic E-state index is 12.3. The normalized spacial score (nSPS) is 23.8. The predicted octanol–water partition coefficient (Wildman–Crippen LogP) is 2.14. The Balaban J connectivity index is 1.86. The Kier molecular flexibility index (Phi) is 3.15. The van der Waals surface area contributed by atoms with Crippen LogP contribution in [-0.4, -0.2) is 29.3 Å². The van der Waals surface area contributed by atoms with Crippen molar-refractivity contribution in [2.24, 2.45) is 0 Å². The molecule has 1 N–H and O–H groups in total. The fraction of sp³-hybridized carbons (Fsp3) is 0.500. The number of halogens is 1. The average Bonchev–Trinajstić information content (AvgIpc) is 2.78. The van der Waals surface area contributed by atoms with Crippen LogP contribution in [0.2, 0.25) is 0 Å². The van der Waals surface area contributed by atoms with E-state index in [9.17, 15) is 9.59 Å². The standard InChI is InChI=1S/C12H13BrN2O2S/c13-10-7-5-15(12(17)8(7)6-18-10)9-3-1-2-4-14-11(9)16/h6,9H,1-5H2,(H,14,16)/t9-/m0/s1. The van der Waals surface area contributed by atoms with Gasteiger partial charge in [0, 0.05) is 24.0 Å². The van der Waals surface area contributed by atoms with E-state index in [1.54, 1.807) is 4.90 Å². The lowest BCUT2D eigenvalue weighted by molar-refractivity contribution is -0.125. The Morgan fingerprint density at radius 3 is 3.00 bits per heavy atom. The van der Waals surface area contributed by atoms with Gasteiger partial charge in [-0.2, -0.15) is 0 Å². The third kappa shape index (κ3) is 1.87. The number of amides is 2. The van der Waals surface area contributed by atoms with Gasteiger partial charge in [-0.3, -0.25) is 9.59 Å². The highest BCUT2D eigenvalue weighted by atomic mass is 79.9. The number of fused-ring (bicyclic) bond motifs is 1. The summed E-state index contributed by atoms with van der Waals surface area (Å²) in [7, 11) is 0. The van der Waals surface area contributed by atoms with Gasteiger partial charge in [-0.15, -0.1) is 11.3 Å². The molecule has 1 atom stereocenters. The minimum Gasteiger partial charge on any atom is -0.354 e. The summed E-state index contributed by atoms with van der Waals surface area (Å²) in [4.78, 5) is 26.0. The highest BCUT2D eigenvalue weighted by Crippen LogP contribution is 2.36. The molecule has 0 bridgehead atoms. The van der Waals surface area contributed by atoms with E-state index in [1.807, 2.05) is 5.38 Å². The van der Waals surface area contributed by atoms with Gasteiger partial charge in [0.05, 0.1) is 9.35 Å². The van der Waals surface area contributed by atoms with Crippen LogP contribution in [0.3, 0.4) is 0 Å². The first kappa shape index (κ1) is 12.2. The molecule has 6 heteroatoms. The Bertz CT molecular complexity index is 514. The number of hydrogen-bond acceptors (Lipinski definition) is 3. The van der Waals surface area contributed by atoms with Crippen LogP contribution in [-0.2, 0) is 11.3 Å². The molecule has 0 radical (unpaired) electrons. The smallest absolute Gasteiger partial charge is 0.256 e. The molecule has 1 aromatic rings. The first-order valence-corrected chi connectivity index (χ1v) is 7.70. The zero-order chi connectivity index (χ0) is 12.7. The number of rotatable bonds is 1. The van der Waals surface area contributed by atoms with Crippen molar-refractivity contribution in [1.82, 2.24) is 10.2 Å². The van der Waals surface area contributed by atoms with E-state index in [0.29, 0.717) is 6.54 Å². The van der Waals surface area contributed by atoms with Crippen LogP contribution in [0.1, 0.15) is 35.2 Å². The van der Waals surface area contributed by atoms with E-state index in [0.717, 1.165) is 40.7 Å². The molecular formula is C12H13BrN2O2S. The molecule has 18 heavy (non-hydrogen) atoms. The van der Waals surface area contributed by atoms with E-state index in [2.05, 4.69) is 21.2 Å². The van der Waals surface area contributed by atoms with E-state index < -0.39 is 0 Å². The number of carbonyl (C=O) groups is 2. The Labute approximate surface area is 117 Å². The lowest BCUT2D eigenvalue weighted by Crippen LogP contribution is -2.45. The fourth-order valence-electron chi connectivity index (χ4n) is 2.55. The van der Waals surface area contributed by atoms with Crippen LogP contribution in [0.4, 0.5) is 0 Å². The van der Waals surface area contributed by atoms with Crippen LogP contribution in [0.25, 0.3) is 0 Å². The molecule has 0 unspecified atom stereocenters. The lowest BCUT2D eigenvalue weighted by Gasteiger charge is -2.25. The molecule has 4 nitrogen and oxygen atoms in total. The van der Waals surface area contributed by atoms with Crippen molar-refractivity contribution in [2.75, 3.05) is 6.54 Å². The molecule has 1 fully saturated rings. The minimum atomic E-state index is -0.302. The summed E-state index contributed by atoms with van der Waals surface area (Å²) in [5, 5.41) is 4.76. The van der Waals surface area contributed by atoms with Crippen molar-refractivity contribution in [3.05, 3.63) is 20.3 Å².